The Morgan fingerprint density at radius 2 is 1.86 bits per heavy atom. The Bertz CT molecular complexity index is 535. The molecule has 1 aromatic carbocycles. The minimum absolute atomic E-state index is 0.277. The fourth-order valence-electron chi connectivity index (χ4n) is 1.85. The number of Topliss-reactive ketones (excluding diaryl/α,β-unsaturated/α-hetero) is 1. The third-order valence-corrected chi connectivity index (χ3v) is 4.17. The number of aryl methyl sites for hydroxylation is 1. The van der Waals surface area contributed by atoms with Gasteiger partial charge in [0.25, 0.3) is 4.46 Å². The van der Waals surface area contributed by atoms with Gasteiger partial charge in [0.2, 0.25) is 0 Å². The number of rotatable bonds is 8. The average molecular weight is 384 g/mol. The summed E-state index contributed by atoms with van der Waals surface area (Å²) in [4.78, 5) is 12.0. The number of ketones is 1. The van der Waals surface area contributed by atoms with Crippen molar-refractivity contribution in [2.24, 2.45) is 10.2 Å². The molecule has 0 saturated carbocycles. The van der Waals surface area contributed by atoms with Crippen molar-refractivity contribution in [2.45, 2.75) is 50.4 Å². The van der Waals surface area contributed by atoms with E-state index in [1.54, 1.807) is 19.1 Å². The molecule has 0 bridgehead atoms. The molecule has 0 aliphatic carbocycles. The number of benzene rings is 1. The molecule has 0 aliphatic heterocycles. The number of azo groups is 1. The molecule has 7 heteroatoms. The van der Waals surface area contributed by atoms with E-state index in [-0.39, 0.29) is 12.2 Å². The molecule has 0 spiro atoms. The fraction of sp³-hybridized carbons (Fsp3) is 0.533. The van der Waals surface area contributed by atoms with Gasteiger partial charge in [0, 0.05) is 11.4 Å². The first-order chi connectivity index (χ1) is 10.3. The van der Waals surface area contributed by atoms with Gasteiger partial charge in [0.15, 0.2) is 5.78 Å². The molecule has 0 saturated heterocycles. The average Bonchev–Trinajstić information content (AvgIpc) is 2.42. The lowest BCUT2D eigenvalue weighted by molar-refractivity contribution is -0.119. The second kappa shape index (κ2) is 9.07. The number of alkyl halides is 2. The summed E-state index contributed by atoms with van der Waals surface area (Å²) in [6.07, 6.45) is 4.15. The zero-order valence-electron chi connectivity index (χ0n) is 12.5. The molecule has 0 aliphatic rings. The van der Waals surface area contributed by atoms with Gasteiger partial charge in [0.1, 0.15) is 5.69 Å². The van der Waals surface area contributed by atoms with E-state index in [0.29, 0.717) is 15.7 Å². The molecule has 0 amide bonds. The first kappa shape index (κ1) is 19.7. The molecule has 0 aromatic heterocycles. The summed E-state index contributed by atoms with van der Waals surface area (Å²) in [6, 6.07) is 3.24. The van der Waals surface area contributed by atoms with Crippen LogP contribution in [0.25, 0.3) is 0 Å². The number of halogens is 4. The summed E-state index contributed by atoms with van der Waals surface area (Å²) in [6.45, 7) is 3.88. The number of hydrogen-bond donors (Lipinski definition) is 0. The van der Waals surface area contributed by atoms with E-state index in [1.807, 2.05) is 0 Å². The van der Waals surface area contributed by atoms with Crippen molar-refractivity contribution in [1.29, 1.82) is 0 Å². The monoisotopic (exact) mass is 382 g/mol. The van der Waals surface area contributed by atoms with Crippen LogP contribution in [-0.2, 0) is 4.79 Å². The van der Waals surface area contributed by atoms with Gasteiger partial charge in [-0.3, -0.25) is 4.79 Å². The lowest BCUT2D eigenvalue weighted by Crippen LogP contribution is -2.22. The molecule has 1 rings (SSSR count). The maximum absolute atomic E-state index is 12.0. The Morgan fingerprint density at radius 1 is 1.18 bits per heavy atom. The Balaban J connectivity index is 2.77. The Morgan fingerprint density at radius 3 is 2.45 bits per heavy atom. The summed E-state index contributed by atoms with van der Waals surface area (Å²) in [5, 5.41) is 8.51. The van der Waals surface area contributed by atoms with E-state index in [9.17, 15) is 4.79 Å². The molecule has 0 heterocycles. The highest BCUT2D eigenvalue weighted by molar-refractivity contribution is 6.58. The molecule has 0 fully saturated rings. The number of carbonyl (C=O) groups is 1. The smallest absolute Gasteiger partial charge is 0.286 e. The maximum Gasteiger partial charge on any atom is 0.286 e. The van der Waals surface area contributed by atoms with Crippen LogP contribution >= 0.6 is 46.4 Å². The lowest BCUT2D eigenvalue weighted by atomic mass is 10.1. The van der Waals surface area contributed by atoms with E-state index in [4.69, 9.17) is 46.4 Å². The Labute approximate surface area is 151 Å². The third kappa shape index (κ3) is 6.04. The summed E-state index contributed by atoms with van der Waals surface area (Å²) in [5.74, 6) is -0.363. The second-order valence-corrected chi connectivity index (χ2v) is 7.16. The van der Waals surface area contributed by atoms with Crippen LogP contribution in [0.4, 0.5) is 5.69 Å². The summed E-state index contributed by atoms with van der Waals surface area (Å²) in [5.41, 5.74) is 1.12. The molecule has 0 radical (unpaired) electrons. The SMILES string of the molecule is CCCCCCC(=O)C(Cl)(Cl)N=Nc1c(C)cc(Cl)cc1Cl. The van der Waals surface area contributed by atoms with E-state index in [0.717, 1.165) is 31.2 Å². The van der Waals surface area contributed by atoms with Gasteiger partial charge >= 0.3 is 0 Å². The predicted octanol–water partition coefficient (Wildman–Crippen LogP) is 7.06. The molecule has 3 nitrogen and oxygen atoms in total. The van der Waals surface area contributed by atoms with E-state index >= 15 is 0 Å². The highest BCUT2D eigenvalue weighted by Gasteiger charge is 2.33. The van der Waals surface area contributed by atoms with Crippen molar-refractivity contribution < 1.29 is 4.79 Å². The van der Waals surface area contributed by atoms with Gasteiger partial charge in [-0.1, -0.05) is 72.6 Å². The van der Waals surface area contributed by atoms with E-state index in [1.165, 1.54) is 0 Å². The third-order valence-electron chi connectivity index (χ3n) is 3.09. The fourth-order valence-corrected chi connectivity index (χ4v) is 2.75. The molecule has 0 N–H and O–H groups in total. The highest BCUT2D eigenvalue weighted by Crippen LogP contribution is 2.35. The topological polar surface area (TPSA) is 41.8 Å². The summed E-state index contributed by atoms with van der Waals surface area (Å²) in [7, 11) is 0. The van der Waals surface area contributed by atoms with Crippen molar-refractivity contribution >= 4 is 57.9 Å². The number of carbonyl (C=O) groups excluding carboxylic acids is 1. The second-order valence-electron chi connectivity index (χ2n) is 5.03. The van der Waals surface area contributed by atoms with Crippen LogP contribution in [0.5, 0.6) is 0 Å². The minimum Gasteiger partial charge on any atom is -0.294 e. The molecule has 1 aromatic rings. The van der Waals surface area contributed by atoms with Crippen LogP contribution in [-0.4, -0.2) is 10.2 Å². The standard InChI is InChI=1S/C15H18Cl4N2O/c1-3-4-5-6-7-13(22)15(18,19)21-20-14-10(2)8-11(16)9-12(14)17/h8-9H,3-7H2,1-2H3. The number of nitrogens with zero attached hydrogens (tertiary/aromatic N) is 2. The van der Waals surface area contributed by atoms with Gasteiger partial charge in [0.05, 0.1) is 5.02 Å². The number of hydrogen-bond acceptors (Lipinski definition) is 3. The minimum atomic E-state index is -1.89. The molecule has 122 valence electrons. The van der Waals surface area contributed by atoms with Crippen molar-refractivity contribution in [3.05, 3.63) is 27.7 Å². The van der Waals surface area contributed by atoms with E-state index < -0.39 is 4.46 Å². The lowest BCUT2D eigenvalue weighted by Gasteiger charge is -2.12. The molecule has 0 unspecified atom stereocenters. The van der Waals surface area contributed by atoms with Crippen molar-refractivity contribution in [3.8, 4) is 0 Å². The first-order valence-corrected chi connectivity index (χ1v) is 8.58. The van der Waals surface area contributed by atoms with Crippen LogP contribution in [0.2, 0.25) is 10.0 Å². The highest BCUT2D eigenvalue weighted by atomic mass is 35.5. The largest absolute Gasteiger partial charge is 0.294 e. The zero-order valence-corrected chi connectivity index (χ0v) is 15.5. The summed E-state index contributed by atoms with van der Waals surface area (Å²) >= 11 is 23.9. The van der Waals surface area contributed by atoms with Gasteiger partial charge in [-0.05, 0) is 31.0 Å². The quantitative estimate of drug-likeness (QED) is 0.205. The Hall–Kier alpha value is -0.350. The van der Waals surface area contributed by atoms with Crippen LogP contribution in [0.15, 0.2) is 22.4 Å². The first-order valence-electron chi connectivity index (χ1n) is 7.07. The summed E-state index contributed by atoms with van der Waals surface area (Å²) < 4.78 is -1.89. The van der Waals surface area contributed by atoms with Crippen LogP contribution in [0.1, 0.15) is 44.6 Å². The van der Waals surface area contributed by atoms with Crippen LogP contribution in [0, 0.1) is 6.92 Å². The molecular formula is C15H18Cl4N2O. The van der Waals surface area contributed by atoms with Crippen LogP contribution in [0.3, 0.4) is 0 Å². The normalized spacial score (nSPS) is 12.1. The van der Waals surface area contributed by atoms with Crippen molar-refractivity contribution in [2.75, 3.05) is 0 Å². The van der Waals surface area contributed by atoms with Crippen molar-refractivity contribution in [3.63, 3.8) is 0 Å². The zero-order chi connectivity index (χ0) is 16.8. The molecule has 22 heavy (non-hydrogen) atoms. The van der Waals surface area contributed by atoms with Gasteiger partial charge in [-0.15, -0.1) is 5.11 Å². The van der Waals surface area contributed by atoms with Crippen LogP contribution < -0.4 is 0 Å². The van der Waals surface area contributed by atoms with Gasteiger partial charge < -0.3 is 0 Å². The predicted molar refractivity (Wildman–Crippen MR) is 93.9 cm³/mol. The van der Waals surface area contributed by atoms with Gasteiger partial charge in [-0.2, -0.15) is 5.11 Å². The Kier molecular flexibility index (Phi) is 8.12. The maximum atomic E-state index is 12.0. The number of unbranched alkanes of at least 4 members (excludes halogenated alkanes) is 3. The van der Waals surface area contributed by atoms with E-state index in [2.05, 4.69) is 17.2 Å². The van der Waals surface area contributed by atoms with Crippen molar-refractivity contribution in [1.82, 2.24) is 0 Å². The van der Waals surface area contributed by atoms with Gasteiger partial charge in [-0.25, -0.2) is 0 Å². The molecule has 0 atom stereocenters. The molecular weight excluding hydrogens is 366 g/mol.